The molecule has 148 valence electrons. The summed E-state index contributed by atoms with van der Waals surface area (Å²) in [5, 5.41) is 9.90. The van der Waals surface area contributed by atoms with Gasteiger partial charge in [0.15, 0.2) is 5.96 Å². The largest absolute Gasteiger partial charge is 0.433 e. The highest BCUT2D eigenvalue weighted by Crippen LogP contribution is 2.27. The number of aryl methyl sites for hydroxylation is 1. The molecule has 27 heavy (non-hydrogen) atoms. The summed E-state index contributed by atoms with van der Waals surface area (Å²) in [4.78, 5) is 17.2. The van der Waals surface area contributed by atoms with Crippen molar-refractivity contribution in [3.05, 3.63) is 34.0 Å². The lowest BCUT2D eigenvalue weighted by Crippen LogP contribution is -2.39. The average molecular weight is 401 g/mol. The number of nitrogens with zero attached hydrogens (tertiary/aromatic N) is 4. The Morgan fingerprint density at radius 2 is 2.00 bits per heavy atom. The molecule has 0 fully saturated rings. The van der Waals surface area contributed by atoms with Gasteiger partial charge in [0.25, 0.3) is 0 Å². The van der Waals surface area contributed by atoms with E-state index >= 15 is 0 Å². The molecule has 0 spiro atoms. The minimum atomic E-state index is -4.49. The van der Waals surface area contributed by atoms with Crippen LogP contribution in [0.4, 0.5) is 19.1 Å². The van der Waals surface area contributed by atoms with Crippen LogP contribution in [0.5, 0.6) is 0 Å². The number of guanidine groups is 1. The summed E-state index contributed by atoms with van der Waals surface area (Å²) < 4.78 is 37.9. The van der Waals surface area contributed by atoms with Gasteiger partial charge in [-0.3, -0.25) is 0 Å². The molecule has 2 aromatic heterocycles. The molecule has 0 aliphatic heterocycles. The van der Waals surface area contributed by atoms with Crippen molar-refractivity contribution in [3.8, 4) is 0 Å². The quantitative estimate of drug-likeness (QED) is 0.358. The van der Waals surface area contributed by atoms with E-state index in [1.165, 1.54) is 4.88 Å². The maximum absolute atomic E-state index is 12.6. The number of hydrogen-bond acceptors (Lipinski definition) is 6. The van der Waals surface area contributed by atoms with E-state index in [0.717, 1.165) is 23.7 Å². The van der Waals surface area contributed by atoms with Crippen LogP contribution in [0.15, 0.2) is 23.5 Å². The number of alkyl halides is 3. The van der Waals surface area contributed by atoms with E-state index in [9.17, 15) is 13.2 Å². The third kappa shape index (κ3) is 7.00. The molecule has 0 aliphatic rings. The number of aliphatic imine (C=N–C) groups is 1. The first-order valence-corrected chi connectivity index (χ1v) is 9.34. The molecule has 0 radical (unpaired) electrons. The summed E-state index contributed by atoms with van der Waals surface area (Å²) >= 11 is 1.63. The van der Waals surface area contributed by atoms with Crippen LogP contribution < -0.4 is 16.0 Å². The van der Waals surface area contributed by atoms with Crippen molar-refractivity contribution < 1.29 is 13.2 Å². The zero-order chi connectivity index (χ0) is 19.7. The summed E-state index contributed by atoms with van der Waals surface area (Å²) in [6.45, 7) is 5.95. The van der Waals surface area contributed by atoms with E-state index in [0.29, 0.717) is 32.1 Å². The Balaban J connectivity index is 1.83. The van der Waals surface area contributed by atoms with Gasteiger partial charge in [-0.1, -0.05) is 6.92 Å². The highest BCUT2D eigenvalue weighted by atomic mass is 32.1. The van der Waals surface area contributed by atoms with Gasteiger partial charge in [0.1, 0.15) is 10.7 Å². The highest BCUT2D eigenvalue weighted by Gasteiger charge is 2.32. The molecule has 2 aromatic rings. The van der Waals surface area contributed by atoms with Gasteiger partial charge >= 0.3 is 6.18 Å². The minimum Gasteiger partial charge on any atom is -0.357 e. The summed E-state index contributed by atoms with van der Waals surface area (Å²) in [7, 11) is 0. The van der Waals surface area contributed by atoms with Crippen molar-refractivity contribution in [3.63, 3.8) is 0 Å². The van der Waals surface area contributed by atoms with Crippen molar-refractivity contribution in [2.24, 2.45) is 4.99 Å². The summed E-state index contributed by atoms with van der Waals surface area (Å²) in [5.41, 5.74) is -0.974. The first-order valence-electron chi connectivity index (χ1n) is 8.52. The Morgan fingerprint density at radius 1 is 1.19 bits per heavy atom. The third-order valence-electron chi connectivity index (χ3n) is 3.31. The van der Waals surface area contributed by atoms with Crippen LogP contribution in [0.25, 0.3) is 0 Å². The standard InChI is InChI=1S/C16H22F3N7S/c1-3-11-9-24-13(27-11)10-25-14(20-4-2)22-7-8-23-15-21-6-5-12(26-15)16(17,18)19/h5-6,9H,3-4,7-8,10H2,1-2H3,(H2,20,22,25)(H,21,23,26). The van der Waals surface area contributed by atoms with Crippen molar-refractivity contribution in [1.29, 1.82) is 0 Å². The van der Waals surface area contributed by atoms with E-state index in [4.69, 9.17) is 0 Å². The number of aromatic nitrogens is 3. The molecular formula is C16H22F3N7S. The van der Waals surface area contributed by atoms with Gasteiger partial charge in [-0.25, -0.2) is 19.9 Å². The fraction of sp³-hybridized carbons (Fsp3) is 0.500. The lowest BCUT2D eigenvalue weighted by molar-refractivity contribution is -0.141. The predicted octanol–water partition coefficient (Wildman–Crippen LogP) is 2.68. The van der Waals surface area contributed by atoms with Gasteiger partial charge in [-0.05, 0) is 19.4 Å². The van der Waals surface area contributed by atoms with Crippen LogP contribution in [-0.2, 0) is 19.1 Å². The van der Waals surface area contributed by atoms with Crippen LogP contribution in [-0.4, -0.2) is 40.5 Å². The van der Waals surface area contributed by atoms with Gasteiger partial charge in [0.05, 0.1) is 6.54 Å². The fourth-order valence-corrected chi connectivity index (χ4v) is 2.82. The number of anilines is 1. The monoisotopic (exact) mass is 401 g/mol. The van der Waals surface area contributed by atoms with Gasteiger partial charge in [0.2, 0.25) is 5.95 Å². The zero-order valence-corrected chi connectivity index (χ0v) is 15.9. The molecule has 11 heteroatoms. The normalized spacial score (nSPS) is 12.1. The Morgan fingerprint density at radius 3 is 2.67 bits per heavy atom. The summed E-state index contributed by atoms with van der Waals surface area (Å²) in [6, 6.07) is 0.835. The number of hydrogen-bond donors (Lipinski definition) is 3. The van der Waals surface area contributed by atoms with Crippen molar-refractivity contribution in [1.82, 2.24) is 25.6 Å². The lowest BCUT2D eigenvalue weighted by Gasteiger charge is -2.12. The number of rotatable bonds is 8. The summed E-state index contributed by atoms with van der Waals surface area (Å²) in [6.07, 6.45) is -0.608. The fourth-order valence-electron chi connectivity index (χ4n) is 2.03. The lowest BCUT2D eigenvalue weighted by atomic mass is 10.4. The van der Waals surface area contributed by atoms with Crippen LogP contribution in [0.1, 0.15) is 29.4 Å². The van der Waals surface area contributed by atoms with Crippen LogP contribution in [0.3, 0.4) is 0 Å². The maximum Gasteiger partial charge on any atom is 0.433 e. The van der Waals surface area contributed by atoms with Gasteiger partial charge in [-0.2, -0.15) is 13.2 Å². The third-order valence-corrected chi connectivity index (χ3v) is 4.44. The SMILES string of the molecule is CCNC(=NCc1ncc(CC)s1)NCCNc1nccc(C(F)(F)F)n1. The molecule has 2 heterocycles. The molecule has 7 nitrogen and oxygen atoms in total. The van der Waals surface area contributed by atoms with E-state index in [2.05, 4.69) is 42.8 Å². The molecule has 0 unspecified atom stereocenters. The molecule has 0 saturated carbocycles. The number of halogens is 3. The van der Waals surface area contributed by atoms with Crippen LogP contribution in [0, 0.1) is 0 Å². The molecule has 0 aromatic carbocycles. The number of nitrogens with one attached hydrogen (secondary N) is 3. The second-order valence-electron chi connectivity index (χ2n) is 5.39. The van der Waals surface area contributed by atoms with E-state index in [1.54, 1.807) is 11.3 Å². The second-order valence-corrected chi connectivity index (χ2v) is 6.59. The van der Waals surface area contributed by atoms with Gasteiger partial charge in [-0.15, -0.1) is 11.3 Å². The van der Waals surface area contributed by atoms with E-state index in [-0.39, 0.29) is 5.95 Å². The molecular weight excluding hydrogens is 379 g/mol. The first-order chi connectivity index (χ1) is 12.9. The molecule has 0 bridgehead atoms. The molecule has 0 atom stereocenters. The zero-order valence-electron chi connectivity index (χ0n) is 15.1. The topological polar surface area (TPSA) is 87.1 Å². The minimum absolute atomic E-state index is 0.0663. The molecule has 0 aliphatic carbocycles. The Bertz CT molecular complexity index is 746. The first kappa shape index (κ1) is 20.9. The Hall–Kier alpha value is -2.43. The van der Waals surface area contributed by atoms with Gasteiger partial charge < -0.3 is 16.0 Å². The van der Waals surface area contributed by atoms with E-state index < -0.39 is 11.9 Å². The van der Waals surface area contributed by atoms with E-state index in [1.807, 2.05) is 13.1 Å². The second kappa shape index (κ2) is 10.0. The van der Waals surface area contributed by atoms with Crippen LogP contribution >= 0.6 is 11.3 Å². The molecule has 0 amide bonds. The Kier molecular flexibility index (Phi) is 7.77. The Labute approximate surface area is 159 Å². The predicted molar refractivity (Wildman–Crippen MR) is 99.8 cm³/mol. The van der Waals surface area contributed by atoms with Crippen LogP contribution in [0.2, 0.25) is 0 Å². The molecule has 0 saturated heterocycles. The smallest absolute Gasteiger partial charge is 0.357 e. The molecule has 3 N–H and O–H groups in total. The molecule has 2 rings (SSSR count). The van der Waals surface area contributed by atoms with Gasteiger partial charge in [0, 0.05) is 36.9 Å². The highest BCUT2D eigenvalue weighted by molar-refractivity contribution is 7.11. The maximum atomic E-state index is 12.6. The average Bonchev–Trinajstić information content (AvgIpc) is 3.11. The van der Waals surface area contributed by atoms with Crippen molar-refractivity contribution in [2.45, 2.75) is 33.0 Å². The van der Waals surface area contributed by atoms with Crippen molar-refractivity contribution in [2.75, 3.05) is 25.0 Å². The van der Waals surface area contributed by atoms with Crippen molar-refractivity contribution >= 4 is 23.2 Å². The number of thiazole rings is 1. The summed E-state index contributed by atoms with van der Waals surface area (Å²) in [5.74, 6) is 0.543.